The molecule has 1 fully saturated rings. The summed E-state index contributed by atoms with van der Waals surface area (Å²) in [5.74, 6) is -14.4. The molecule has 1 aliphatic heterocycles. The molecule has 0 aliphatic carbocycles. The number of carbonyl (C=O) groups excluding carboxylic acids is 13. The first kappa shape index (κ1) is 97.3. The number of nitrogens with zero attached hydrogens (tertiary/aromatic N) is 1. The van der Waals surface area contributed by atoms with Gasteiger partial charge in [-0.3, -0.25) is 62.3 Å². The number of carbonyl (C=O) groups is 15. The lowest BCUT2D eigenvalue weighted by Gasteiger charge is -2.30. The molecule has 2 aromatic carbocycles. The average Bonchev–Trinajstić information content (AvgIpc) is 1.62. The van der Waals surface area contributed by atoms with Crippen LogP contribution in [0.15, 0.2) is 60.8 Å². The highest BCUT2D eigenvalue weighted by atomic mass is 16.4. The number of H-pyrrole nitrogens is 1. The number of amides is 13. The van der Waals surface area contributed by atoms with Crippen LogP contribution in [-0.2, 0) is 84.8 Å². The number of benzene rings is 2. The predicted molar refractivity (Wildman–Crippen MR) is 426 cm³/mol. The Balaban J connectivity index is 1.15. The van der Waals surface area contributed by atoms with Crippen LogP contribution in [0.5, 0.6) is 0 Å². The van der Waals surface area contributed by atoms with Gasteiger partial charge in [0.05, 0.1) is 25.2 Å². The molecule has 0 bridgehead atoms. The zero-order valence-electron chi connectivity index (χ0n) is 67.8. The topological polar surface area (TPSA) is 549 Å². The Labute approximate surface area is 672 Å². The number of para-hydroxylation sites is 1. The van der Waals surface area contributed by atoms with Crippen molar-refractivity contribution < 1.29 is 97.5 Å². The van der Waals surface area contributed by atoms with Crippen LogP contribution in [0, 0.1) is 17.8 Å². The van der Waals surface area contributed by atoms with Crippen LogP contribution in [0.1, 0.15) is 221 Å². The molecule has 4 rings (SSSR count). The van der Waals surface area contributed by atoms with Gasteiger partial charge in [0.1, 0.15) is 66.5 Å². The maximum atomic E-state index is 14.2. The lowest BCUT2D eigenvalue weighted by molar-refractivity contribution is -0.143. The van der Waals surface area contributed by atoms with E-state index in [2.05, 4.69) is 58.2 Å². The number of aromatic amines is 1. The number of aliphatic carboxylic acids is 2. The van der Waals surface area contributed by atoms with Crippen molar-refractivity contribution in [1.29, 1.82) is 0 Å². The van der Waals surface area contributed by atoms with Crippen LogP contribution in [0.3, 0.4) is 0 Å². The van der Waals surface area contributed by atoms with Crippen molar-refractivity contribution in [2.45, 2.75) is 301 Å². The van der Waals surface area contributed by atoms with Gasteiger partial charge in [-0.05, 0) is 93.7 Å². The first-order valence-corrected chi connectivity index (χ1v) is 40.5. The standard InChI is InChI=1S/C81H126N14O20/c1-9-49(6)68(77(109)94-70(51(8)98)79(111)89-58(41-48(4)5)73(105)91-61(81(114)115)43-53-45-84-55-33-28-27-32-54(53)55)92-71(103)56(37-38-64(82)99)86-76(108)63-34-29-39-95(63)67(102)36-26-21-19-17-15-13-11-10-12-14-16-18-20-25-35-66(101)85-62(46-96)75(107)93-69(50(7)97)78(110)88-57(40-47(2)3)72(104)87-59(44-65(83)100)74(106)90-60(80(112)113)42-52-30-23-22-24-31-52/h22-24,27-28,30-33,45,47-51,56-63,68-70,84,96-98H,9-21,25-26,29,34-44,46H2,1-8H3,(H2,82,99)(H2,83,100)(H,85,101)(H,86,108)(H,87,104)(H,88,110)(H,89,111)(H,90,106)(H,91,105)(H,92,103)(H,93,107)(H,94,109)(H,112,113)(H,114,115)/t49-,50-,51+,56-,57+,58-,59+,60+,61-,62+,63-,68-,69+,70-/m0/s1. The molecule has 1 saturated heterocycles. The van der Waals surface area contributed by atoms with Gasteiger partial charge in [0.25, 0.3) is 0 Å². The summed E-state index contributed by atoms with van der Waals surface area (Å²) < 4.78 is 0. The lowest BCUT2D eigenvalue weighted by Crippen LogP contribution is -2.62. The second-order valence-corrected chi connectivity index (χ2v) is 31.1. The van der Waals surface area contributed by atoms with Gasteiger partial charge >= 0.3 is 11.9 Å². The minimum atomic E-state index is -1.69. The molecule has 0 saturated carbocycles. The van der Waals surface area contributed by atoms with Gasteiger partial charge in [-0.25, -0.2) is 9.59 Å². The van der Waals surface area contributed by atoms with E-state index >= 15 is 0 Å². The van der Waals surface area contributed by atoms with Gasteiger partial charge in [-0.2, -0.15) is 0 Å². The minimum absolute atomic E-state index is 0.0314. The summed E-state index contributed by atoms with van der Waals surface area (Å²) in [6, 6.07) is -0.0269. The summed E-state index contributed by atoms with van der Waals surface area (Å²) in [5.41, 5.74) is 12.9. The Morgan fingerprint density at radius 2 is 0.904 bits per heavy atom. The van der Waals surface area contributed by atoms with Crippen LogP contribution in [0.25, 0.3) is 10.9 Å². The zero-order chi connectivity index (χ0) is 85.4. The van der Waals surface area contributed by atoms with Crippen LogP contribution in [0.2, 0.25) is 0 Å². The van der Waals surface area contributed by atoms with Gasteiger partial charge in [0.15, 0.2) is 0 Å². The highest BCUT2D eigenvalue weighted by Crippen LogP contribution is 2.24. The molecule has 20 N–H and O–H groups in total. The summed E-state index contributed by atoms with van der Waals surface area (Å²) in [4.78, 5) is 204. The van der Waals surface area contributed by atoms with Crippen LogP contribution < -0.4 is 64.6 Å². The number of primary amides is 2. The van der Waals surface area contributed by atoms with Crippen LogP contribution in [0.4, 0.5) is 0 Å². The maximum absolute atomic E-state index is 14.2. The van der Waals surface area contributed by atoms with Crippen molar-refractivity contribution in [3.05, 3.63) is 71.9 Å². The highest BCUT2D eigenvalue weighted by molar-refractivity contribution is 6.00. The Morgan fingerprint density at radius 3 is 1.39 bits per heavy atom. The molecule has 640 valence electrons. The van der Waals surface area contributed by atoms with Gasteiger partial charge in [0, 0.05) is 55.7 Å². The number of hydrogen-bond acceptors (Lipinski definition) is 18. The van der Waals surface area contributed by atoms with E-state index in [0.717, 1.165) is 88.0 Å². The SMILES string of the molecule is CC[C@H](C)[C@H](NC(=O)[C@H](CCC(N)=O)NC(=O)[C@@H]1CCCN1C(=O)CCCCCCCCCCCCCCCCC(=O)N[C@H](CO)C(=O)N[C@@H](C(=O)N[C@H](CC(C)C)C(=O)N[C@H](CC(N)=O)C(=O)N[C@H](Cc1ccccc1)C(=O)O)[C@H](C)O)C(=O)N[C@H](C(=O)N[C@@H](CC(C)C)C(=O)N[C@@H](Cc1c[nH]c2ccccc12)C(=O)O)[C@@H](C)O. The molecular formula is C81H126N14O20. The third-order valence-electron chi connectivity index (χ3n) is 20.3. The fourth-order valence-electron chi connectivity index (χ4n) is 13.6. The van der Waals surface area contributed by atoms with E-state index in [1.807, 2.05) is 18.2 Å². The van der Waals surface area contributed by atoms with Gasteiger partial charge in [-0.1, -0.05) is 174 Å². The first-order valence-electron chi connectivity index (χ1n) is 40.5. The molecule has 14 atom stereocenters. The van der Waals surface area contributed by atoms with Crippen molar-refractivity contribution >= 4 is 99.6 Å². The molecule has 0 spiro atoms. The summed E-state index contributed by atoms with van der Waals surface area (Å²) in [6.07, 6.45) is 11.2. The number of likely N-dealkylation sites (tertiary alicyclic amines) is 1. The number of aliphatic hydroxyl groups is 3. The zero-order valence-corrected chi connectivity index (χ0v) is 67.8. The number of nitrogens with one attached hydrogen (secondary N) is 11. The minimum Gasteiger partial charge on any atom is -0.480 e. The molecule has 34 nitrogen and oxygen atoms in total. The predicted octanol–water partition coefficient (Wildman–Crippen LogP) is 2.24. The normalized spacial score (nSPS) is 16.1. The van der Waals surface area contributed by atoms with Gasteiger partial charge in [-0.15, -0.1) is 0 Å². The van der Waals surface area contributed by atoms with E-state index in [4.69, 9.17) is 11.5 Å². The van der Waals surface area contributed by atoms with Crippen molar-refractivity contribution in [2.75, 3.05) is 13.2 Å². The molecular weight excluding hydrogens is 1490 g/mol. The van der Waals surface area contributed by atoms with Crippen molar-refractivity contribution in [3.8, 4) is 0 Å². The van der Waals surface area contributed by atoms with Crippen LogP contribution in [-0.4, -0.2) is 216 Å². The first-order chi connectivity index (χ1) is 54.5. The summed E-state index contributed by atoms with van der Waals surface area (Å²) in [7, 11) is 0. The number of carboxylic acids is 2. The number of nitrogens with two attached hydrogens (primary N) is 2. The number of rotatable bonds is 56. The smallest absolute Gasteiger partial charge is 0.326 e. The van der Waals surface area contributed by atoms with Crippen molar-refractivity contribution in [2.24, 2.45) is 29.2 Å². The van der Waals surface area contributed by atoms with Gasteiger partial charge in [0.2, 0.25) is 76.8 Å². The Hall–Kier alpha value is -10.1. The molecule has 1 aliphatic rings. The number of aromatic nitrogens is 1. The second kappa shape index (κ2) is 51.0. The number of unbranched alkanes of at least 4 members (excludes halogenated alkanes) is 13. The van der Waals surface area contributed by atoms with Crippen molar-refractivity contribution in [1.82, 2.24) is 63.1 Å². The average molecular weight is 1620 g/mol. The molecule has 115 heavy (non-hydrogen) atoms. The van der Waals surface area contributed by atoms with E-state index in [1.165, 1.54) is 18.7 Å². The number of carboxylic acid groups (broad SMARTS) is 2. The lowest BCUT2D eigenvalue weighted by atomic mass is 9.96. The summed E-state index contributed by atoms with van der Waals surface area (Å²) in [5, 5.41) is 77.4. The molecule has 3 aromatic rings. The Kier molecular flexibility index (Phi) is 43.1. The van der Waals surface area contributed by atoms with E-state index in [0.29, 0.717) is 49.8 Å². The number of aliphatic hydroxyl groups excluding tert-OH is 3. The fraction of sp³-hybridized carbons (Fsp3) is 0.642. The molecule has 1 aromatic heterocycles. The van der Waals surface area contributed by atoms with E-state index in [-0.39, 0.29) is 69.1 Å². The quantitative estimate of drug-likeness (QED) is 0.0360. The van der Waals surface area contributed by atoms with E-state index in [9.17, 15) is 97.5 Å². The summed E-state index contributed by atoms with van der Waals surface area (Å²) >= 11 is 0. The summed E-state index contributed by atoms with van der Waals surface area (Å²) in [6.45, 7) is 12.4. The van der Waals surface area contributed by atoms with E-state index < -0.39 is 180 Å². The highest BCUT2D eigenvalue weighted by Gasteiger charge is 2.41. The monoisotopic (exact) mass is 1610 g/mol. The van der Waals surface area contributed by atoms with Crippen molar-refractivity contribution in [3.63, 3.8) is 0 Å². The van der Waals surface area contributed by atoms with Gasteiger partial charge < -0.3 is 100 Å². The molecule has 34 heteroatoms. The fourth-order valence-corrected chi connectivity index (χ4v) is 13.6. The number of hydrogen-bond donors (Lipinski definition) is 18. The van der Waals surface area contributed by atoms with E-state index in [1.54, 1.807) is 84.1 Å². The Morgan fingerprint density at radius 1 is 0.470 bits per heavy atom. The largest absolute Gasteiger partial charge is 0.480 e. The third-order valence-corrected chi connectivity index (χ3v) is 20.3. The number of fused-ring (bicyclic) bond motifs is 1. The maximum Gasteiger partial charge on any atom is 0.326 e. The third kappa shape index (κ3) is 34.9. The molecule has 0 radical (unpaired) electrons. The molecule has 2 heterocycles. The second-order valence-electron chi connectivity index (χ2n) is 31.1. The Bertz CT molecular complexity index is 3690. The molecule has 13 amide bonds. The molecule has 0 unspecified atom stereocenters. The van der Waals surface area contributed by atoms with Crippen LogP contribution >= 0.6 is 0 Å².